The van der Waals surface area contributed by atoms with Gasteiger partial charge >= 0.3 is 11.9 Å². The van der Waals surface area contributed by atoms with Gasteiger partial charge in [0, 0.05) is 13.1 Å². The summed E-state index contributed by atoms with van der Waals surface area (Å²) in [5.74, 6) is -0.766. The molecule has 0 atom stereocenters. The number of benzene rings is 1. The number of fused-ring (bicyclic) bond motifs is 1. The van der Waals surface area contributed by atoms with E-state index in [2.05, 4.69) is 22.4 Å². The van der Waals surface area contributed by atoms with Crippen LogP contribution in [0.25, 0.3) is 10.2 Å². The summed E-state index contributed by atoms with van der Waals surface area (Å²) in [5.41, 5.74) is 1.40. The first kappa shape index (κ1) is 22.7. The van der Waals surface area contributed by atoms with Crippen LogP contribution >= 0.6 is 11.3 Å². The molecule has 0 saturated heterocycles. The Labute approximate surface area is 185 Å². The number of rotatable bonds is 8. The lowest BCUT2D eigenvalue weighted by atomic mass is 10.2. The Hall–Kier alpha value is -2.97. The Balaban J connectivity index is 1.75. The van der Waals surface area contributed by atoms with Crippen molar-refractivity contribution in [3.05, 3.63) is 58.6 Å². The van der Waals surface area contributed by atoms with E-state index in [4.69, 9.17) is 14.2 Å². The molecular weight excluding hydrogens is 416 g/mol. The number of methoxy groups -OCH3 is 1. The number of aromatic nitrogens is 1. The number of pyridine rings is 1. The molecule has 31 heavy (non-hydrogen) atoms. The fourth-order valence-electron chi connectivity index (χ4n) is 2.90. The van der Waals surface area contributed by atoms with Gasteiger partial charge in [-0.2, -0.15) is 0 Å². The third kappa shape index (κ3) is 6.26. The lowest BCUT2D eigenvalue weighted by Crippen LogP contribution is -2.27. The molecule has 2 heterocycles. The van der Waals surface area contributed by atoms with Crippen molar-refractivity contribution in [2.45, 2.75) is 39.5 Å². The number of hydrogen-bond donors (Lipinski definition) is 1. The summed E-state index contributed by atoms with van der Waals surface area (Å²) in [6, 6.07) is 13.8. The Morgan fingerprint density at radius 2 is 1.81 bits per heavy atom. The van der Waals surface area contributed by atoms with Crippen LogP contribution in [0.2, 0.25) is 0 Å². The van der Waals surface area contributed by atoms with Crippen molar-refractivity contribution in [1.29, 1.82) is 0 Å². The van der Waals surface area contributed by atoms with Crippen molar-refractivity contribution < 1.29 is 23.8 Å². The highest BCUT2D eigenvalue weighted by Crippen LogP contribution is 2.37. The molecule has 1 N–H and O–H groups in total. The van der Waals surface area contributed by atoms with Gasteiger partial charge in [-0.15, -0.1) is 11.3 Å². The van der Waals surface area contributed by atoms with Crippen LogP contribution in [0, 0.1) is 0 Å². The van der Waals surface area contributed by atoms with Crippen molar-refractivity contribution >= 4 is 33.5 Å². The van der Waals surface area contributed by atoms with Crippen LogP contribution in [0.1, 0.15) is 41.7 Å². The van der Waals surface area contributed by atoms with Crippen molar-refractivity contribution in [2.75, 3.05) is 13.7 Å². The standard InChI is InChI=1S/C23H26N2O5S/c1-23(2,3)30-18(26)14-29-19-17-11-10-16(13-24-12-15-8-6-5-7-9-15)25-21(17)31-20(19)22(27)28-4/h5-11,24H,12-14H2,1-4H3. The second-order valence-corrected chi connectivity index (χ2v) is 8.87. The maximum absolute atomic E-state index is 12.2. The quantitative estimate of drug-likeness (QED) is 0.526. The SMILES string of the molecule is COC(=O)c1sc2nc(CNCc3ccccc3)ccc2c1OCC(=O)OC(C)(C)C. The highest BCUT2D eigenvalue weighted by molar-refractivity contribution is 7.20. The fourth-order valence-corrected chi connectivity index (χ4v) is 3.95. The minimum Gasteiger partial charge on any atom is -0.479 e. The van der Waals surface area contributed by atoms with Crippen molar-refractivity contribution in [1.82, 2.24) is 10.3 Å². The van der Waals surface area contributed by atoms with Gasteiger partial charge in [-0.1, -0.05) is 30.3 Å². The molecule has 0 aliphatic carbocycles. The maximum Gasteiger partial charge on any atom is 0.351 e. The average molecular weight is 443 g/mol. The fraction of sp³-hybridized carbons (Fsp3) is 0.348. The van der Waals surface area contributed by atoms with E-state index in [-0.39, 0.29) is 17.2 Å². The van der Waals surface area contributed by atoms with E-state index in [1.165, 1.54) is 24.0 Å². The topological polar surface area (TPSA) is 86.8 Å². The molecule has 164 valence electrons. The summed E-state index contributed by atoms with van der Waals surface area (Å²) >= 11 is 1.17. The number of esters is 2. The zero-order valence-electron chi connectivity index (χ0n) is 18.1. The molecule has 0 bridgehead atoms. The zero-order valence-corrected chi connectivity index (χ0v) is 18.9. The Kier molecular flexibility index (Phi) is 7.25. The average Bonchev–Trinajstić information content (AvgIpc) is 3.09. The van der Waals surface area contributed by atoms with E-state index < -0.39 is 17.5 Å². The molecule has 0 spiro atoms. The highest BCUT2D eigenvalue weighted by Gasteiger charge is 2.24. The lowest BCUT2D eigenvalue weighted by Gasteiger charge is -2.19. The highest BCUT2D eigenvalue weighted by atomic mass is 32.1. The van der Waals surface area contributed by atoms with Crippen LogP contribution in [-0.4, -0.2) is 36.2 Å². The molecule has 0 aliphatic heterocycles. The van der Waals surface area contributed by atoms with Gasteiger partial charge in [0.25, 0.3) is 0 Å². The van der Waals surface area contributed by atoms with Gasteiger partial charge in [-0.25, -0.2) is 14.6 Å². The maximum atomic E-state index is 12.2. The van der Waals surface area contributed by atoms with Gasteiger partial charge in [0.1, 0.15) is 10.4 Å². The van der Waals surface area contributed by atoms with Crippen LogP contribution < -0.4 is 10.1 Å². The molecular formula is C23H26N2O5S. The molecule has 3 aromatic rings. The number of thiophene rings is 1. The Bertz CT molecular complexity index is 1060. The largest absolute Gasteiger partial charge is 0.479 e. The minimum atomic E-state index is -0.620. The minimum absolute atomic E-state index is 0.267. The Morgan fingerprint density at radius 1 is 1.06 bits per heavy atom. The van der Waals surface area contributed by atoms with Crippen LogP contribution in [0.3, 0.4) is 0 Å². The van der Waals surface area contributed by atoms with Crippen molar-refractivity contribution in [3.63, 3.8) is 0 Å². The molecule has 0 unspecified atom stereocenters. The van der Waals surface area contributed by atoms with Crippen LogP contribution in [-0.2, 0) is 27.4 Å². The van der Waals surface area contributed by atoms with Crippen molar-refractivity contribution in [2.24, 2.45) is 0 Å². The normalized spacial score (nSPS) is 11.4. The van der Waals surface area contributed by atoms with E-state index in [0.29, 0.717) is 16.8 Å². The van der Waals surface area contributed by atoms with Gasteiger partial charge in [0.05, 0.1) is 18.2 Å². The molecule has 0 amide bonds. The monoisotopic (exact) mass is 442 g/mol. The molecule has 0 saturated carbocycles. The van der Waals surface area contributed by atoms with Gasteiger partial charge in [-0.05, 0) is 38.5 Å². The molecule has 8 heteroatoms. The van der Waals surface area contributed by atoms with Gasteiger partial charge in [0.2, 0.25) is 0 Å². The molecule has 2 aromatic heterocycles. The third-order valence-electron chi connectivity index (χ3n) is 4.17. The van der Waals surface area contributed by atoms with Crippen LogP contribution in [0.5, 0.6) is 5.75 Å². The summed E-state index contributed by atoms with van der Waals surface area (Å²) in [5, 5.41) is 4.01. The second kappa shape index (κ2) is 9.89. The summed E-state index contributed by atoms with van der Waals surface area (Å²) in [4.78, 5) is 29.8. The molecule has 0 fully saturated rings. The number of carbonyl (C=O) groups is 2. The molecule has 0 aliphatic rings. The van der Waals surface area contributed by atoms with Crippen LogP contribution in [0.4, 0.5) is 0 Å². The van der Waals surface area contributed by atoms with E-state index in [1.54, 1.807) is 20.8 Å². The number of hydrogen-bond acceptors (Lipinski definition) is 8. The van der Waals surface area contributed by atoms with Gasteiger partial charge < -0.3 is 19.5 Å². The molecule has 3 rings (SSSR count). The number of nitrogens with zero attached hydrogens (tertiary/aromatic N) is 1. The van der Waals surface area contributed by atoms with Gasteiger partial charge in [-0.3, -0.25) is 0 Å². The van der Waals surface area contributed by atoms with E-state index >= 15 is 0 Å². The number of nitrogens with one attached hydrogen (secondary N) is 1. The van der Waals surface area contributed by atoms with E-state index in [0.717, 1.165) is 12.2 Å². The van der Waals surface area contributed by atoms with E-state index in [1.807, 2.05) is 30.3 Å². The second-order valence-electron chi connectivity index (χ2n) is 7.87. The number of ether oxygens (including phenoxy) is 3. The smallest absolute Gasteiger partial charge is 0.351 e. The predicted molar refractivity (Wildman–Crippen MR) is 119 cm³/mol. The van der Waals surface area contributed by atoms with Crippen LogP contribution in [0.15, 0.2) is 42.5 Å². The predicted octanol–water partition coefficient (Wildman–Crippen LogP) is 4.09. The summed E-state index contributed by atoms with van der Waals surface area (Å²) in [6.45, 7) is 6.33. The third-order valence-corrected chi connectivity index (χ3v) is 5.23. The first-order chi connectivity index (χ1) is 14.8. The molecule has 7 nitrogen and oxygen atoms in total. The zero-order chi connectivity index (χ0) is 22.4. The Morgan fingerprint density at radius 3 is 2.48 bits per heavy atom. The van der Waals surface area contributed by atoms with Crippen molar-refractivity contribution in [3.8, 4) is 5.75 Å². The summed E-state index contributed by atoms with van der Waals surface area (Å²) in [6.07, 6.45) is 0. The number of carbonyl (C=O) groups excluding carboxylic acids is 2. The van der Waals surface area contributed by atoms with E-state index in [9.17, 15) is 9.59 Å². The lowest BCUT2D eigenvalue weighted by molar-refractivity contribution is -0.157. The first-order valence-corrected chi connectivity index (χ1v) is 10.7. The summed E-state index contributed by atoms with van der Waals surface area (Å²) < 4.78 is 15.8. The van der Waals surface area contributed by atoms with Gasteiger partial charge in [0.15, 0.2) is 17.2 Å². The molecule has 0 radical (unpaired) electrons. The molecule has 1 aromatic carbocycles. The first-order valence-electron chi connectivity index (χ1n) is 9.87. The summed E-state index contributed by atoms with van der Waals surface area (Å²) in [7, 11) is 1.30.